The molecule has 0 aliphatic carbocycles. The van der Waals surface area contributed by atoms with Gasteiger partial charge in [-0.1, -0.05) is 78.9 Å². The molecule has 3 aromatic carbocycles. The summed E-state index contributed by atoms with van der Waals surface area (Å²) >= 11 is 0. The topological polar surface area (TPSA) is 63.4 Å². The molecule has 1 atom stereocenters. The van der Waals surface area contributed by atoms with Crippen molar-refractivity contribution < 1.29 is 9.59 Å². The van der Waals surface area contributed by atoms with Crippen LogP contribution in [0.15, 0.2) is 91.0 Å². The molecule has 2 amide bonds. The summed E-state index contributed by atoms with van der Waals surface area (Å²) < 4.78 is 0. The van der Waals surface area contributed by atoms with Crippen LogP contribution >= 0.6 is 0 Å². The largest absolute Gasteiger partial charge is 0.368 e. The van der Waals surface area contributed by atoms with Crippen molar-refractivity contribution in [1.29, 1.82) is 0 Å². The minimum atomic E-state index is -0.817. The molecule has 27 heavy (non-hydrogen) atoms. The number of carbonyl (C=O) groups is 2. The number of nitrogens with two attached hydrogens (primary N) is 1. The van der Waals surface area contributed by atoms with Crippen LogP contribution in [0.1, 0.15) is 27.5 Å². The van der Waals surface area contributed by atoms with E-state index < -0.39 is 11.9 Å². The van der Waals surface area contributed by atoms with Gasteiger partial charge in [-0.2, -0.15) is 0 Å². The maximum Gasteiger partial charge on any atom is 0.254 e. The first kappa shape index (κ1) is 18.4. The van der Waals surface area contributed by atoms with E-state index in [0.29, 0.717) is 24.1 Å². The number of rotatable bonds is 7. The van der Waals surface area contributed by atoms with Gasteiger partial charge in [0, 0.05) is 12.1 Å². The lowest BCUT2D eigenvalue weighted by Crippen LogP contribution is -2.42. The van der Waals surface area contributed by atoms with Crippen molar-refractivity contribution in [3.63, 3.8) is 0 Å². The van der Waals surface area contributed by atoms with E-state index in [2.05, 4.69) is 0 Å². The fourth-order valence-electron chi connectivity index (χ4n) is 3.12. The van der Waals surface area contributed by atoms with Gasteiger partial charge in [-0.05, 0) is 29.7 Å². The van der Waals surface area contributed by atoms with E-state index in [0.717, 1.165) is 5.56 Å². The molecule has 0 radical (unpaired) electrons. The summed E-state index contributed by atoms with van der Waals surface area (Å²) in [6.45, 7) is 0.389. The van der Waals surface area contributed by atoms with Crippen LogP contribution in [-0.4, -0.2) is 23.3 Å². The molecule has 3 rings (SSSR count). The second-order valence-corrected chi connectivity index (χ2v) is 6.32. The van der Waals surface area contributed by atoms with Crippen LogP contribution in [0.4, 0.5) is 0 Å². The lowest BCUT2D eigenvalue weighted by atomic mass is 10.0. The molecular formula is C23H22N2O2. The van der Waals surface area contributed by atoms with Crippen LogP contribution in [0.2, 0.25) is 0 Å². The number of amides is 2. The number of primary amides is 1. The molecule has 136 valence electrons. The Morgan fingerprint density at radius 1 is 0.778 bits per heavy atom. The predicted molar refractivity (Wildman–Crippen MR) is 106 cm³/mol. The van der Waals surface area contributed by atoms with Crippen LogP contribution in [0.25, 0.3) is 0 Å². The van der Waals surface area contributed by atoms with Crippen LogP contribution in [0.5, 0.6) is 0 Å². The van der Waals surface area contributed by atoms with Crippen molar-refractivity contribution in [2.45, 2.75) is 12.5 Å². The van der Waals surface area contributed by atoms with Gasteiger partial charge in [-0.15, -0.1) is 0 Å². The summed E-state index contributed by atoms with van der Waals surface area (Å²) in [5.74, 6) is -0.752. The van der Waals surface area contributed by atoms with Crippen molar-refractivity contribution in [2.75, 3.05) is 6.54 Å². The van der Waals surface area contributed by atoms with Gasteiger partial charge in [0.25, 0.3) is 5.91 Å². The third-order valence-electron chi connectivity index (χ3n) is 4.46. The third-order valence-corrected chi connectivity index (χ3v) is 4.46. The molecule has 0 aromatic heterocycles. The van der Waals surface area contributed by atoms with Gasteiger partial charge in [0.2, 0.25) is 5.91 Å². The number of nitrogens with zero attached hydrogens (tertiary/aromatic N) is 1. The SMILES string of the molecule is NC(=O)C(c1ccccc1)N(CCc1ccccc1)C(=O)c1ccccc1. The monoisotopic (exact) mass is 358 g/mol. The zero-order chi connectivity index (χ0) is 19.1. The molecular weight excluding hydrogens is 336 g/mol. The first-order valence-corrected chi connectivity index (χ1v) is 8.91. The molecule has 0 bridgehead atoms. The van der Waals surface area contributed by atoms with Gasteiger partial charge in [0.1, 0.15) is 6.04 Å². The van der Waals surface area contributed by atoms with Gasteiger partial charge in [0.05, 0.1) is 0 Å². The molecule has 0 saturated heterocycles. The third kappa shape index (κ3) is 4.61. The van der Waals surface area contributed by atoms with E-state index in [9.17, 15) is 9.59 Å². The summed E-state index contributed by atoms with van der Waals surface area (Å²) in [5.41, 5.74) is 8.06. The highest BCUT2D eigenvalue weighted by Crippen LogP contribution is 2.23. The van der Waals surface area contributed by atoms with Crippen molar-refractivity contribution in [3.8, 4) is 0 Å². The second kappa shape index (κ2) is 8.81. The van der Waals surface area contributed by atoms with Gasteiger partial charge >= 0.3 is 0 Å². The van der Waals surface area contributed by atoms with Crippen LogP contribution in [-0.2, 0) is 11.2 Å². The molecule has 4 heteroatoms. The second-order valence-electron chi connectivity index (χ2n) is 6.32. The minimum Gasteiger partial charge on any atom is -0.368 e. The molecule has 2 N–H and O–H groups in total. The Bertz CT molecular complexity index is 880. The smallest absolute Gasteiger partial charge is 0.254 e. The predicted octanol–water partition coefficient (Wildman–Crippen LogP) is 3.60. The first-order chi connectivity index (χ1) is 13.2. The zero-order valence-corrected chi connectivity index (χ0v) is 15.0. The lowest BCUT2D eigenvalue weighted by molar-refractivity contribution is -0.122. The quantitative estimate of drug-likeness (QED) is 0.701. The van der Waals surface area contributed by atoms with Crippen LogP contribution in [0, 0.1) is 0 Å². The van der Waals surface area contributed by atoms with Crippen molar-refractivity contribution >= 4 is 11.8 Å². The number of hydrogen-bond donors (Lipinski definition) is 1. The van der Waals surface area contributed by atoms with E-state index in [-0.39, 0.29) is 5.91 Å². The molecule has 0 aliphatic heterocycles. The zero-order valence-electron chi connectivity index (χ0n) is 15.0. The normalized spacial score (nSPS) is 11.6. The highest BCUT2D eigenvalue weighted by molar-refractivity contribution is 5.97. The highest BCUT2D eigenvalue weighted by Gasteiger charge is 2.30. The van der Waals surface area contributed by atoms with E-state index in [1.54, 1.807) is 17.0 Å². The molecule has 1 unspecified atom stereocenters. The van der Waals surface area contributed by atoms with Gasteiger partial charge in [-0.25, -0.2) is 0 Å². The summed E-state index contributed by atoms with van der Waals surface area (Å²) in [6.07, 6.45) is 0.635. The van der Waals surface area contributed by atoms with Gasteiger partial charge < -0.3 is 10.6 Å². The van der Waals surface area contributed by atoms with Crippen LogP contribution < -0.4 is 5.73 Å². The average molecular weight is 358 g/mol. The lowest BCUT2D eigenvalue weighted by Gasteiger charge is -2.30. The average Bonchev–Trinajstić information content (AvgIpc) is 2.72. The van der Waals surface area contributed by atoms with E-state index >= 15 is 0 Å². The first-order valence-electron chi connectivity index (χ1n) is 8.91. The summed E-state index contributed by atoms with van der Waals surface area (Å²) in [7, 11) is 0. The molecule has 4 nitrogen and oxygen atoms in total. The molecule has 0 fully saturated rings. The Labute approximate surface area is 159 Å². The molecule has 0 spiro atoms. The van der Waals surface area contributed by atoms with Crippen molar-refractivity contribution in [2.24, 2.45) is 5.73 Å². The Morgan fingerprint density at radius 2 is 1.30 bits per heavy atom. The fraction of sp³-hybridized carbons (Fsp3) is 0.130. The Hall–Kier alpha value is -3.40. The molecule has 3 aromatic rings. The highest BCUT2D eigenvalue weighted by atomic mass is 16.2. The summed E-state index contributed by atoms with van der Waals surface area (Å²) in [6, 6.07) is 27.2. The molecule has 0 heterocycles. The fourth-order valence-corrected chi connectivity index (χ4v) is 3.12. The Morgan fingerprint density at radius 3 is 1.85 bits per heavy atom. The summed E-state index contributed by atoms with van der Waals surface area (Å²) in [4.78, 5) is 27.1. The van der Waals surface area contributed by atoms with E-state index in [4.69, 9.17) is 5.73 Å². The standard InChI is InChI=1S/C23H22N2O2/c24-22(26)21(19-12-6-2-7-13-19)25(17-16-18-10-4-1-5-11-18)23(27)20-14-8-3-9-15-20/h1-15,21H,16-17H2,(H2,24,26). The van der Waals surface area contributed by atoms with Gasteiger partial charge in [0.15, 0.2) is 0 Å². The Kier molecular flexibility index (Phi) is 6.00. The number of benzene rings is 3. The summed E-state index contributed by atoms with van der Waals surface area (Å²) in [5, 5.41) is 0. The number of hydrogen-bond acceptors (Lipinski definition) is 2. The molecule has 0 aliphatic rings. The number of carbonyl (C=O) groups excluding carboxylic acids is 2. The maximum absolute atomic E-state index is 13.2. The van der Waals surface area contributed by atoms with E-state index in [1.807, 2.05) is 78.9 Å². The van der Waals surface area contributed by atoms with Crippen molar-refractivity contribution in [3.05, 3.63) is 108 Å². The molecule has 0 saturated carbocycles. The minimum absolute atomic E-state index is 0.209. The maximum atomic E-state index is 13.2. The Balaban J connectivity index is 1.94. The van der Waals surface area contributed by atoms with E-state index in [1.165, 1.54) is 0 Å². The van der Waals surface area contributed by atoms with Crippen LogP contribution in [0.3, 0.4) is 0 Å². The van der Waals surface area contributed by atoms with Crippen molar-refractivity contribution in [1.82, 2.24) is 4.90 Å². The van der Waals surface area contributed by atoms with Gasteiger partial charge in [-0.3, -0.25) is 9.59 Å².